The van der Waals surface area contributed by atoms with Crippen LogP contribution >= 0.6 is 34.2 Å². The first-order valence-electron chi connectivity index (χ1n) is 9.96. The number of hydrogen-bond acceptors (Lipinski definition) is 6. The second kappa shape index (κ2) is 12.3. The van der Waals surface area contributed by atoms with Gasteiger partial charge in [-0.25, -0.2) is 14.8 Å². The van der Waals surface area contributed by atoms with Crippen LogP contribution in [0.15, 0.2) is 59.8 Å². The van der Waals surface area contributed by atoms with Crippen LogP contribution in [0.4, 0.5) is 10.1 Å². The summed E-state index contributed by atoms with van der Waals surface area (Å²) in [6, 6.07) is 12.0. The predicted octanol–water partition coefficient (Wildman–Crippen LogP) is 4.66. The van der Waals surface area contributed by atoms with Gasteiger partial charge in [0.15, 0.2) is 18.1 Å². The van der Waals surface area contributed by atoms with E-state index in [1.54, 1.807) is 18.2 Å². The summed E-state index contributed by atoms with van der Waals surface area (Å²) in [6.45, 7) is 1.91. The van der Waals surface area contributed by atoms with Gasteiger partial charge in [-0.1, -0.05) is 11.6 Å². The number of hydrogen-bond donors (Lipinski definition) is 2. The van der Waals surface area contributed by atoms with Crippen molar-refractivity contribution >= 4 is 57.9 Å². The molecule has 2 N–H and O–H groups in total. The van der Waals surface area contributed by atoms with Crippen LogP contribution in [0.25, 0.3) is 0 Å². The molecule has 0 atom stereocenters. The van der Waals surface area contributed by atoms with Crippen molar-refractivity contribution in [1.82, 2.24) is 10.4 Å². The van der Waals surface area contributed by atoms with E-state index in [0.717, 1.165) is 0 Å². The maximum atomic E-state index is 13.0. The summed E-state index contributed by atoms with van der Waals surface area (Å²) in [6.07, 6.45) is 2.92. The maximum Gasteiger partial charge on any atom is 0.274 e. The van der Waals surface area contributed by atoms with E-state index in [0.29, 0.717) is 32.9 Å². The van der Waals surface area contributed by atoms with Crippen LogP contribution in [0.1, 0.15) is 22.8 Å². The largest absolute Gasteiger partial charge is 0.490 e. The van der Waals surface area contributed by atoms with Crippen molar-refractivity contribution < 1.29 is 23.5 Å². The highest BCUT2D eigenvalue weighted by atomic mass is 127. The molecule has 3 rings (SSSR count). The quantitative estimate of drug-likeness (QED) is 0.162. The number of pyridine rings is 1. The van der Waals surface area contributed by atoms with Gasteiger partial charge in [0.25, 0.3) is 11.8 Å². The third kappa shape index (κ3) is 7.12. The molecule has 0 unspecified atom stereocenters. The molecular formula is C23H19ClFIN4O4. The summed E-state index contributed by atoms with van der Waals surface area (Å²) in [5.41, 5.74) is 3.69. The van der Waals surface area contributed by atoms with Crippen molar-refractivity contribution in [2.45, 2.75) is 6.92 Å². The molecule has 0 saturated heterocycles. The molecular weight excluding hydrogens is 578 g/mol. The number of anilines is 1. The summed E-state index contributed by atoms with van der Waals surface area (Å²) in [7, 11) is 0. The van der Waals surface area contributed by atoms with E-state index in [2.05, 4.69) is 43.4 Å². The summed E-state index contributed by atoms with van der Waals surface area (Å²) in [5, 5.41) is 6.66. The van der Waals surface area contributed by atoms with Gasteiger partial charge < -0.3 is 14.8 Å². The van der Waals surface area contributed by atoms with E-state index in [9.17, 15) is 14.0 Å². The summed E-state index contributed by atoms with van der Waals surface area (Å²) in [4.78, 5) is 28.3. The molecule has 0 spiro atoms. The lowest BCUT2D eigenvalue weighted by Crippen LogP contribution is -2.20. The van der Waals surface area contributed by atoms with Gasteiger partial charge in [0.1, 0.15) is 11.0 Å². The molecule has 2 amide bonds. The molecule has 176 valence electrons. The number of halogens is 3. The van der Waals surface area contributed by atoms with Crippen LogP contribution in [0.5, 0.6) is 11.5 Å². The van der Waals surface area contributed by atoms with Crippen LogP contribution in [-0.4, -0.2) is 36.2 Å². The second-order valence-corrected chi connectivity index (χ2v) is 8.17. The van der Waals surface area contributed by atoms with Gasteiger partial charge in [0.05, 0.1) is 22.0 Å². The Morgan fingerprint density at radius 1 is 1.21 bits per heavy atom. The van der Waals surface area contributed by atoms with Gasteiger partial charge in [0, 0.05) is 11.9 Å². The van der Waals surface area contributed by atoms with E-state index in [1.807, 2.05) is 6.92 Å². The molecule has 0 aliphatic rings. The highest BCUT2D eigenvalue weighted by molar-refractivity contribution is 14.1. The summed E-state index contributed by atoms with van der Waals surface area (Å²) in [5.74, 6) is -0.505. The Kier molecular flexibility index (Phi) is 9.16. The van der Waals surface area contributed by atoms with Crippen molar-refractivity contribution in [3.8, 4) is 11.5 Å². The van der Waals surface area contributed by atoms with E-state index in [1.165, 1.54) is 42.7 Å². The first-order chi connectivity index (χ1) is 16.4. The average Bonchev–Trinajstić information content (AvgIpc) is 2.80. The summed E-state index contributed by atoms with van der Waals surface area (Å²) >= 11 is 7.96. The minimum absolute atomic E-state index is 0.0772. The number of carbonyl (C=O) groups is 2. The zero-order chi connectivity index (χ0) is 24.5. The van der Waals surface area contributed by atoms with Gasteiger partial charge in [-0.2, -0.15) is 5.10 Å². The lowest BCUT2D eigenvalue weighted by molar-refractivity contribution is -0.118. The lowest BCUT2D eigenvalue weighted by atomic mass is 10.2. The highest BCUT2D eigenvalue weighted by Gasteiger charge is 2.14. The van der Waals surface area contributed by atoms with Gasteiger partial charge >= 0.3 is 0 Å². The Bertz CT molecular complexity index is 1210. The first-order valence-corrected chi connectivity index (χ1v) is 11.4. The van der Waals surface area contributed by atoms with E-state index >= 15 is 0 Å². The number of nitrogens with zero attached hydrogens (tertiary/aromatic N) is 2. The third-order valence-electron chi connectivity index (χ3n) is 4.19. The molecule has 34 heavy (non-hydrogen) atoms. The smallest absolute Gasteiger partial charge is 0.274 e. The van der Waals surface area contributed by atoms with Gasteiger partial charge in [-0.3, -0.25) is 9.59 Å². The molecule has 2 aromatic carbocycles. The maximum absolute atomic E-state index is 13.0. The van der Waals surface area contributed by atoms with Crippen molar-refractivity contribution in [1.29, 1.82) is 0 Å². The first kappa shape index (κ1) is 25.4. The number of carbonyl (C=O) groups excluding carboxylic acids is 2. The molecule has 0 radical (unpaired) electrons. The molecule has 0 fully saturated rings. The molecule has 3 aromatic rings. The SMILES string of the molecule is CCOc1cc(C=NNC(=O)c2cccnc2Cl)cc(I)c1OCC(=O)Nc1ccc(F)cc1. The normalized spacial score (nSPS) is 10.7. The highest BCUT2D eigenvalue weighted by Crippen LogP contribution is 2.34. The van der Waals surface area contributed by atoms with E-state index in [-0.39, 0.29) is 17.3 Å². The molecule has 1 heterocycles. The third-order valence-corrected chi connectivity index (χ3v) is 5.29. The summed E-state index contributed by atoms with van der Waals surface area (Å²) < 4.78 is 25.0. The Labute approximate surface area is 213 Å². The minimum atomic E-state index is -0.499. The zero-order valence-electron chi connectivity index (χ0n) is 17.8. The van der Waals surface area contributed by atoms with E-state index < -0.39 is 17.6 Å². The fraction of sp³-hybridized carbons (Fsp3) is 0.130. The number of rotatable bonds is 9. The number of hydrazone groups is 1. The number of nitrogens with one attached hydrogen (secondary N) is 2. The monoisotopic (exact) mass is 596 g/mol. The Hall–Kier alpha value is -3.25. The second-order valence-electron chi connectivity index (χ2n) is 6.65. The molecule has 1 aromatic heterocycles. The van der Waals surface area contributed by atoms with Crippen molar-refractivity contribution in [3.63, 3.8) is 0 Å². The van der Waals surface area contributed by atoms with Crippen LogP contribution in [-0.2, 0) is 4.79 Å². The van der Waals surface area contributed by atoms with Gasteiger partial charge in [0.2, 0.25) is 0 Å². The van der Waals surface area contributed by atoms with Crippen LogP contribution < -0.4 is 20.2 Å². The topological polar surface area (TPSA) is 102 Å². The van der Waals surface area contributed by atoms with Crippen LogP contribution in [0, 0.1) is 9.39 Å². The standard InChI is InChI=1S/C23H19ClFIN4O4/c1-2-33-19-11-14(12-28-30-23(32)17-4-3-9-27-22(17)24)10-18(26)21(19)34-13-20(31)29-16-7-5-15(25)6-8-16/h3-12H,2,13H2,1H3,(H,29,31)(H,30,32). The fourth-order valence-corrected chi connectivity index (χ4v) is 3.70. The Balaban J connectivity index is 1.66. The number of benzene rings is 2. The minimum Gasteiger partial charge on any atom is -0.490 e. The molecule has 0 aliphatic carbocycles. The number of ether oxygens (including phenoxy) is 2. The predicted molar refractivity (Wildman–Crippen MR) is 135 cm³/mol. The van der Waals surface area contributed by atoms with Gasteiger partial charge in [-0.05, 0) is 83.6 Å². The van der Waals surface area contributed by atoms with Crippen LogP contribution in [0.2, 0.25) is 5.15 Å². The van der Waals surface area contributed by atoms with Crippen molar-refractivity contribution in [2.75, 3.05) is 18.5 Å². The number of amides is 2. The molecule has 8 nitrogen and oxygen atoms in total. The van der Waals surface area contributed by atoms with Crippen LogP contribution in [0.3, 0.4) is 0 Å². The van der Waals surface area contributed by atoms with Gasteiger partial charge in [-0.15, -0.1) is 0 Å². The lowest BCUT2D eigenvalue weighted by Gasteiger charge is -2.14. The zero-order valence-corrected chi connectivity index (χ0v) is 20.8. The van der Waals surface area contributed by atoms with E-state index in [4.69, 9.17) is 21.1 Å². The molecule has 0 aliphatic heterocycles. The average molecular weight is 597 g/mol. The fourth-order valence-electron chi connectivity index (χ4n) is 2.71. The van der Waals surface area contributed by atoms with Crippen molar-refractivity contribution in [2.24, 2.45) is 5.10 Å². The van der Waals surface area contributed by atoms with Crippen molar-refractivity contribution in [3.05, 3.63) is 80.4 Å². The molecule has 11 heteroatoms. The molecule has 0 bridgehead atoms. The molecule has 0 saturated carbocycles. The number of aromatic nitrogens is 1. The Morgan fingerprint density at radius 3 is 2.68 bits per heavy atom. The Morgan fingerprint density at radius 2 is 1.97 bits per heavy atom.